The number of ether oxygens (including phenoxy) is 5. The molecule has 0 saturated carbocycles. The fourth-order valence-corrected chi connectivity index (χ4v) is 9.07. The van der Waals surface area contributed by atoms with E-state index in [2.05, 4.69) is 0 Å². The van der Waals surface area contributed by atoms with Gasteiger partial charge in [0, 0.05) is 0 Å². The number of methoxy groups -OCH3 is 2. The number of H-pyrrole nitrogens is 1. The van der Waals surface area contributed by atoms with Gasteiger partial charge in [0.1, 0.15) is 39.8 Å². The summed E-state index contributed by atoms with van der Waals surface area (Å²) in [5, 5.41) is -1.24. The molecule has 0 radical (unpaired) electrons. The number of halogens is 3. The molecule has 8 rings (SSSR count). The molecule has 0 unspecified atom stereocenters. The van der Waals surface area contributed by atoms with Crippen LogP contribution in [-0.4, -0.2) is 53.3 Å². The van der Waals surface area contributed by atoms with Gasteiger partial charge < -0.3 is 23.7 Å². The van der Waals surface area contributed by atoms with Crippen LogP contribution >= 0.6 is 23.2 Å². The van der Waals surface area contributed by atoms with Gasteiger partial charge >= 0.3 is 5.69 Å². The van der Waals surface area contributed by atoms with Crippen molar-refractivity contribution in [1.82, 2.24) is 9.55 Å². The molecule has 4 atom stereocenters. The van der Waals surface area contributed by atoms with Crippen molar-refractivity contribution < 1.29 is 28.1 Å². The van der Waals surface area contributed by atoms with Crippen LogP contribution in [0.25, 0.3) is 0 Å². The van der Waals surface area contributed by atoms with Gasteiger partial charge in [0.2, 0.25) is 5.82 Å². The molecule has 1 aliphatic heterocycles. The van der Waals surface area contributed by atoms with E-state index in [0.717, 1.165) is 38.6 Å². The molecule has 6 aromatic carbocycles. The Hall–Kier alpha value is -6.01. The van der Waals surface area contributed by atoms with Crippen LogP contribution < -0.4 is 20.7 Å². The van der Waals surface area contributed by atoms with Crippen molar-refractivity contribution in [2.75, 3.05) is 26.7 Å². The molecule has 2 heterocycles. The Morgan fingerprint density at radius 3 is 1.47 bits per heavy atom. The van der Waals surface area contributed by atoms with Gasteiger partial charge in [-0.2, -0.15) is 4.39 Å². The second kappa shape index (κ2) is 18.1. The highest BCUT2D eigenvalue weighted by Crippen LogP contribution is 2.51. The fourth-order valence-electron chi connectivity index (χ4n) is 8.32. The predicted octanol–water partition coefficient (Wildman–Crippen LogP) is 9.19. The van der Waals surface area contributed by atoms with E-state index in [9.17, 15) is 9.59 Å². The summed E-state index contributed by atoms with van der Waals surface area (Å²) in [6, 6.07) is 53.9. The van der Waals surface area contributed by atoms with Crippen LogP contribution in [0.4, 0.5) is 4.39 Å². The Balaban J connectivity index is 1.36. The van der Waals surface area contributed by atoms with E-state index in [-0.39, 0.29) is 12.5 Å². The number of alkyl halides is 2. The maximum Gasteiger partial charge on any atom is 0.330 e. The first-order valence-electron chi connectivity index (χ1n) is 19.9. The van der Waals surface area contributed by atoms with Crippen molar-refractivity contribution in [3.05, 3.63) is 236 Å². The van der Waals surface area contributed by atoms with E-state index in [1.54, 1.807) is 14.2 Å². The zero-order valence-electron chi connectivity index (χ0n) is 33.8. The fraction of sp³-hybridized carbons (Fsp3) is 0.200. The van der Waals surface area contributed by atoms with Crippen LogP contribution in [0.2, 0.25) is 0 Å². The van der Waals surface area contributed by atoms with E-state index < -0.39 is 51.6 Å². The number of hydrogen-bond donors (Lipinski definition) is 1. The van der Waals surface area contributed by atoms with Gasteiger partial charge in [0.15, 0.2) is 6.23 Å². The van der Waals surface area contributed by atoms with E-state index in [4.69, 9.17) is 46.9 Å². The highest BCUT2D eigenvalue weighted by molar-refractivity contribution is 6.22. The van der Waals surface area contributed by atoms with Crippen LogP contribution in [0.1, 0.15) is 39.6 Å². The van der Waals surface area contributed by atoms with Crippen molar-refractivity contribution in [2.45, 2.75) is 34.5 Å². The first-order valence-corrected chi connectivity index (χ1v) is 20.9. The van der Waals surface area contributed by atoms with Crippen LogP contribution in [0.15, 0.2) is 186 Å². The maximum atomic E-state index is 15.1. The zero-order chi connectivity index (χ0) is 43.3. The molecule has 7 aromatic rings. The zero-order valence-corrected chi connectivity index (χ0v) is 35.3. The molecule has 12 heteroatoms. The van der Waals surface area contributed by atoms with Crippen LogP contribution in [-0.2, 0) is 25.4 Å². The monoisotopic (exact) mass is 872 g/mol. The molecule has 0 spiro atoms. The molecule has 1 saturated heterocycles. The molecule has 1 N–H and O–H groups in total. The summed E-state index contributed by atoms with van der Waals surface area (Å²) in [5.41, 5.74) is -1.98. The summed E-state index contributed by atoms with van der Waals surface area (Å²) >= 11 is 14.8. The minimum absolute atomic E-state index is 0.275. The Bertz CT molecular complexity index is 2610. The number of nitrogens with zero attached hydrogens (tertiary/aromatic N) is 1. The second-order valence-electron chi connectivity index (χ2n) is 14.9. The van der Waals surface area contributed by atoms with Crippen molar-refractivity contribution in [3.8, 4) is 11.5 Å². The Morgan fingerprint density at radius 1 is 0.645 bits per heavy atom. The minimum atomic E-state index is -1.67. The molecule has 62 heavy (non-hydrogen) atoms. The Morgan fingerprint density at radius 2 is 1.05 bits per heavy atom. The molecule has 1 aliphatic rings. The van der Waals surface area contributed by atoms with Crippen molar-refractivity contribution in [1.29, 1.82) is 0 Å². The number of hydrogen-bond acceptors (Lipinski definition) is 7. The highest BCUT2D eigenvalue weighted by Gasteiger charge is 2.60. The first-order chi connectivity index (χ1) is 30.2. The number of aromatic nitrogens is 2. The molecule has 0 bridgehead atoms. The van der Waals surface area contributed by atoms with E-state index in [1.165, 1.54) is 0 Å². The maximum absolute atomic E-state index is 15.1. The van der Waals surface area contributed by atoms with Gasteiger partial charge in [-0.05, 0) is 57.6 Å². The SMILES string of the molecule is COc1ccc(C(OC[C@@]2(CCl)O[C@@H](n3cc(F)c(=O)[nH]c3=O)[C@@H](Cl)[C@@H]2OC(c2ccccc2)(c2ccccc2)c2ccc(OC)cc2)(c2ccccc2)c2ccccc2)cc1. The molecule has 0 amide bonds. The molecule has 1 aromatic heterocycles. The summed E-state index contributed by atoms with van der Waals surface area (Å²) in [6.45, 7) is -0.278. The number of rotatable bonds is 15. The van der Waals surface area contributed by atoms with Gasteiger partial charge in [-0.1, -0.05) is 146 Å². The van der Waals surface area contributed by atoms with E-state index in [1.807, 2.05) is 175 Å². The topological polar surface area (TPSA) is 101 Å². The van der Waals surface area contributed by atoms with Crippen LogP contribution in [0.5, 0.6) is 11.5 Å². The minimum Gasteiger partial charge on any atom is -0.497 e. The van der Waals surface area contributed by atoms with Crippen LogP contribution in [0.3, 0.4) is 0 Å². The van der Waals surface area contributed by atoms with Crippen molar-refractivity contribution in [3.63, 3.8) is 0 Å². The van der Waals surface area contributed by atoms with Gasteiger partial charge in [-0.25, -0.2) is 4.79 Å². The summed E-state index contributed by atoms with van der Waals surface area (Å²) in [6.07, 6.45) is -1.84. The molecule has 316 valence electrons. The lowest BCUT2D eigenvalue weighted by atomic mass is 9.79. The smallest absolute Gasteiger partial charge is 0.330 e. The average molecular weight is 874 g/mol. The normalized spacial score (nSPS) is 19.0. The quantitative estimate of drug-likeness (QED) is 0.0811. The van der Waals surface area contributed by atoms with Crippen molar-refractivity contribution >= 4 is 23.2 Å². The summed E-state index contributed by atoms with van der Waals surface area (Å²) in [7, 11) is 3.19. The summed E-state index contributed by atoms with van der Waals surface area (Å²) in [5.74, 6) is -0.204. The second-order valence-corrected chi connectivity index (χ2v) is 15.7. The molecule has 9 nitrogen and oxygen atoms in total. The third kappa shape index (κ3) is 7.74. The summed E-state index contributed by atoms with van der Waals surface area (Å²) in [4.78, 5) is 27.9. The van der Waals surface area contributed by atoms with Crippen LogP contribution in [0, 0.1) is 5.82 Å². The lowest BCUT2D eigenvalue weighted by Gasteiger charge is -2.44. The average Bonchev–Trinajstić information content (AvgIpc) is 3.60. The Kier molecular flexibility index (Phi) is 12.5. The molecular weight excluding hydrogens is 830 g/mol. The van der Waals surface area contributed by atoms with E-state index in [0.29, 0.717) is 17.1 Å². The van der Waals surface area contributed by atoms with Gasteiger partial charge in [0.25, 0.3) is 5.56 Å². The standard InChI is InChI=1S/C50H43Cl2FN2O7/c1-58-40-27-23-38(24-28-40)49(34-15-7-3-8-16-34,35-17-9-4-10-18-35)60-33-48(32-51)44(43(52)46(62-48)55-31-42(53)45(56)54-47(55)57)61-50(36-19-11-5-12-20-36,37-21-13-6-14-22-37)39-25-29-41(59-2)30-26-39/h3-31,43-44,46H,32-33H2,1-2H3,(H,54,56,57)/t43-,44-,46+,48+/m0/s1. The molecule has 0 aliphatic carbocycles. The number of benzene rings is 6. The van der Waals surface area contributed by atoms with Gasteiger partial charge in [-0.15, -0.1) is 23.2 Å². The van der Waals surface area contributed by atoms with E-state index >= 15 is 4.39 Å². The lowest BCUT2D eigenvalue weighted by molar-refractivity contribution is -0.176. The first kappa shape index (κ1) is 42.7. The van der Waals surface area contributed by atoms with Gasteiger partial charge in [-0.3, -0.25) is 14.3 Å². The third-order valence-electron chi connectivity index (χ3n) is 11.4. The number of nitrogens with one attached hydrogen (secondary N) is 1. The highest BCUT2D eigenvalue weighted by atomic mass is 35.5. The lowest BCUT2D eigenvalue weighted by Crippen LogP contribution is -2.54. The number of aromatic amines is 1. The van der Waals surface area contributed by atoms with Crippen molar-refractivity contribution in [2.24, 2.45) is 0 Å². The largest absolute Gasteiger partial charge is 0.497 e. The predicted molar refractivity (Wildman–Crippen MR) is 237 cm³/mol. The third-order valence-corrected chi connectivity index (χ3v) is 12.3. The molecule has 1 fully saturated rings. The Labute approximate surface area is 368 Å². The molecular formula is C50H43Cl2FN2O7. The van der Waals surface area contributed by atoms with Gasteiger partial charge in [0.05, 0.1) is 32.9 Å². The summed E-state index contributed by atoms with van der Waals surface area (Å²) < 4.78 is 49.2.